The average molecular weight is 636 g/mol. The quantitative estimate of drug-likeness (QED) is 0.228. The Morgan fingerprint density at radius 3 is 2.44 bits per heavy atom. The van der Waals surface area contributed by atoms with Crippen molar-refractivity contribution >= 4 is 46.6 Å². The molecule has 34 heavy (non-hydrogen) atoms. The number of hydrogen-bond donors (Lipinski definition) is 2. The van der Waals surface area contributed by atoms with Gasteiger partial charge in [0.05, 0.1) is 7.11 Å². The molecule has 0 saturated heterocycles. The maximum Gasteiger partial charge on any atom is 0.503 e. The van der Waals surface area contributed by atoms with Gasteiger partial charge in [-0.2, -0.15) is 4.62 Å². The molecule has 0 aliphatic rings. The number of aromatic nitrogens is 1. The molecule has 0 bridgehead atoms. The number of hydrogen-bond acceptors (Lipinski definition) is 8. The zero-order valence-electron chi connectivity index (χ0n) is 18.0. The highest BCUT2D eigenvalue weighted by atomic mass is 127. The van der Waals surface area contributed by atoms with Gasteiger partial charge in [-0.25, -0.2) is 30.1 Å². The number of halogens is 3. The third-order valence-corrected chi connectivity index (χ3v) is 9.03. The number of nitrogens with one attached hydrogen (secondary N) is 1. The number of hydroxylamine groups is 1. The van der Waals surface area contributed by atoms with Crippen LogP contribution in [0.2, 0.25) is 0 Å². The van der Waals surface area contributed by atoms with Crippen molar-refractivity contribution in [3.8, 4) is 16.9 Å². The molecule has 1 aromatic heterocycles. The third-order valence-electron chi connectivity index (χ3n) is 5.01. The number of pyridine rings is 1. The van der Waals surface area contributed by atoms with Crippen molar-refractivity contribution in [2.24, 2.45) is 0 Å². The molecular weight excluding hydrogens is 616 g/mol. The summed E-state index contributed by atoms with van der Waals surface area (Å²) >= 11 is 1.05. The maximum atomic E-state index is 14.7. The van der Waals surface area contributed by atoms with E-state index in [-0.39, 0.29) is 16.9 Å². The van der Waals surface area contributed by atoms with E-state index in [4.69, 9.17) is 4.74 Å². The molecule has 2 aromatic rings. The Hall–Kier alpha value is -1.91. The van der Waals surface area contributed by atoms with E-state index in [1.54, 1.807) is 5.48 Å². The van der Waals surface area contributed by atoms with Crippen LogP contribution in [-0.2, 0) is 33.2 Å². The number of carbonyl (C=O) groups is 1. The fourth-order valence-electron chi connectivity index (χ4n) is 2.79. The molecule has 0 fully saturated rings. The molecule has 2 N–H and O–H groups in total. The van der Waals surface area contributed by atoms with Gasteiger partial charge in [0.15, 0.2) is 14.6 Å². The minimum absolute atomic E-state index is 0.189. The number of ether oxygens (including phenoxy) is 1. The first-order valence-electron chi connectivity index (χ1n) is 9.21. The summed E-state index contributed by atoms with van der Waals surface area (Å²) in [5, 5.41) is 0. The largest absolute Gasteiger partial charge is 0.503 e. The van der Waals surface area contributed by atoms with E-state index in [0.29, 0.717) is 0 Å². The van der Waals surface area contributed by atoms with Crippen molar-refractivity contribution in [1.82, 2.24) is 10.0 Å². The molecule has 11 nitrogen and oxygen atoms in total. The minimum Gasteiger partial charge on any atom is -0.497 e. The van der Waals surface area contributed by atoms with Crippen LogP contribution in [0.4, 0.5) is 8.78 Å². The highest BCUT2D eigenvalue weighted by molar-refractivity contribution is 14.1. The third kappa shape index (κ3) is 6.40. The summed E-state index contributed by atoms with van der Waals surface area (Å²) in [7, 11) is -7.51. The van der Waals surface area contributed by atoms with Crippen molar-refractivity contribution in [2.75, 3.05) is 13.4 Å². The van der Waals surface area contributed by atoms with Gasteiger partial charge in [0, 0.05) is 42.3 Å². The molecule has 0 aliphatic carbocycles. The monoisotopic (exact) mass is 636 g/mol. The van der Waals surface area contributed by atoms with Gasteiger partial charge >= 0.3 is 7.82 Å². The Kier molecular flexibility index (Phi) is 8.99. The summed E-state index contributed by atoms with van der Waals surface area (Å²) in [6.07, 6.45) is 0.945. The molecule has 2 rings (SSSR count). The number of carbonyl (C=O) groups excluding carboxylic acids is 1. The summed E-state index contributed by atoms with van der Waals surface area (Å²) in [6.45, 7) is 0.550. The van der Waals surface area contributed by atoms with E-state index < -0.39 is 58.5 Å². The molecule has 1 heterocycles. The predicted molar refractivity (Wildman–Crippen MR) is 125 cm³/mol. The highest BCUT2D eigenvalue weighted by Crippen LogP contribution is 2.44. The Morgan fingerprint density at radius 1 is 1.26 bits per heavy atom. The Morgan fingerprint density at radius 2 is 1.91 bits per heavy atom. The van der Waals surface area contributed by atoms with Crippen molar-refractivity contribution in [3.05, 3.63) is 52.5 Å². The molecule has 2 atom stereocenters. The van der Waals surface area contributed by atoms with E-state index in [2.05, 4.69) is 7.48 Å². The van der Waals surface area contributed by atoms with Crippen molar-refractivity contribution in [1.29, 1.82) is 0 Å². The standard InChI is InChI=1S/C18H20F2IN2O9PS/c1-18(34(3,28)29,17(25)22-32-33(26,27)31-21)6-7-23-10-15(20)13(9-16(23)24)12-5-4-11(30-2)8-14(12)19/h4-5,8-10H,6-7H2,1-3H3,(H,22,25)(H,26,27). The second kappa shape index (κ2) is 10.8. The van der Waals surface area contributed by atoms with E-state index in [1.165, 1.54) is 19.2 Å². The van der Waals surface area contributed by atoms with Gasteiger partial charge in [-0.05, 0) is 25.5 Å². The molecule has 2 unspecified atom stereocenters. The fourth-order valence-corrected chi connectivity index (χ4v) is 4.10. The number of nitrogens with zero attached hydrogens (tertiary/aromatic N) is 1. The predicted octanol–water partition coefficient (Wildman–Crippen LogP) is 2.51. The van der Waals surface area contributed by atoms with Gasteiger partial charge in [0.2, 0.25) is 0 Å². The molecular formula is C18H20F2IN2O9PS. The molecule has 0 radical (unpaired) electrons. The van der Waals surface area contributed by atoms with Crippen LogP contribution in [0, 0.1) is 11.6 Å². The smallest absolute Gasteiger partial charge is 0.497 e. The zero-order chi connectivity index (χ0) is 25.9. The molecule has 0 saturated carbocycles. The second-order valence-electron chi connectivity index (χ2n) is 7.23. The van der Waals surface area contributed by atoms with Gasteiger partial charge < -0.3 is 14.2 Å². The fraction of sp³-hybridized carbons (Fsp3) is 0.333. The second-order valence-corrected chi connectivity index (χ2v) is 12.1. The van der Waals surface area contributed by atoms with Crippen LogP contribution in [-0.4, -0.2) is 41.9 Å². The number of rotatable bonds is 10. The molecule has 0 spiro atoms. The van der Waals surface area contributed by atoms with Crippen LogP contribution in [0.25, 0.3) is 11.1 Å². The molecule has 1 amide bonds. The van der Waals surface area contributed by atoms with Crippen LogP contribution >= 0.6 is 30.8 Å². The lowest BCUT2D eigenvalue weighted by Crippen LogP contribution is -2.50. The van der Waals surface area contributed by atoms with Gasteiger partial charge in [-0.3, -0.25) is 9.59 Å². The summed E-state index contributed by atoms with van der Waals surface area (Å²) in [5.74, 6) is -2.92. The SMILES string of the molecule is COc1ccc(-c2cc(=O)n(CCC(C)(C(=O)NOP(=O)(O)OI)S(C)(=O)=O)cc2F)c(F)c1. The lowest BCUT2D eigenvalue weighted by atomic mass is 10.0. The van der Waals surface area contributed by atoms with Crippen LogP contribution in [0.5, 0.6) is 5.75 Å². The first-order chi connectivity index (χ1) is 15.6. The van der Waals surface area contributed by atoms with E-state index >= 15 is 0 Å². The summed E-state index contributed by atoms with van der Waals surface area (Å²) in [4.78, 5) is 34.2. The lowest BCUT2D eigenvalue weighted by Gasteiger charge is -2.26. The number of amides is 1. The first-order valence-corrected chi connectivity index (χ1v) is 13.5. The van der Waals surface area contributed by atoms with Gasteiger partial charge in [0.25, 0.3) is 11.5 Å². The lowest BCUT2D eigenvalue weighted by molar-refractivity contribution is -0.131. The Balaban J connectivity index is 2.33. The Bertz CT molecular complexity index is 1300. The van der Waals surface area contributed by atoms with E-state index in [1.807, 2.05) is 0 Å². The van der Waals surface area contributed by atoms with E-state index in [0.717, 1.165) is 59.1 Å². The van der Waals surface area contributed by atoms with Crippen LogP contribution in [0.15, 0.2) is 35.3 Å². The maximum absolute atomic E-state index is 14.7. The topological polar surface area (TPSA) is 150 Å². The normalized spacial score (nSPS) is 15.3. The number of aryl methyl sites for hydroxylation is 1. The number of methoxy groups -OCH3 is 1. The van der Waals surface area contributed by atoms with Gasteiger partial charge in [-0.1, -0.05) is 0 Å². The van der Waals surface area contributed by atoms with E-state index in [9.17, 15) is 36.2 Å². The van der Waals surface area contributed by atoms with Crippen LogP contribution in [0.3, 0.4) is 0 Å². The molecule has 1 aromatic carbocycles. The van der Waals surface area contributed by atoms with Crippen molar-refractivity contribution in [2.45, 2.75) is 24.6 Å². The Labute approximate surface area is 207 Å². The summed E-state index contributed by atoms with van der Waals surface area (Å²) in [5.41, 5.74) is 0.249. The molecule has 188 valence electrons. The molecule has 16 heteroatoms. The van der Waals surface area contributed by atoms with Crippen molar-refractivity contribution in [3.63, 3.8) is 0 Å². The van der Waals surface area contributed by atoms with Crippen LogP contribution in [0.1, 0.15) is 13.3 Å². The summed E-state index contributed by atoms with van der Waals surface area (Å²) < 4.78 is 76.7. The number of benzene rings is 1. The van der Waals surface area contributed by atoms with Gasteiger partial charge in [-0.15, -0.1) is 0 Å². The number of sulfone groups is 1. The highest BCUT2D eigenvalue weighted by Gasteiger charge is 2.44. The average Bonchev–Trinajstić information content (AvgIpc) is 2.76. The zero-order valence-corrected chi connectivity index (χ0v) is 21.8. The van der Waals surface area contributed by atoms with Crippen LogP contribution < -0.4 is 15.8 Å². The first kappa shape index (κ1) is 28.3. The van der Waals surface area contributed by atoms with Crippen molar-refractivity contribution < 1.29 is 43.7 Å². The van der Waals surface area contributed by atoms with Gasteiger partial charge in [0.1, 0.15) is 40.4 Å². The molecule has 0 aliphatic heterocycles. The minimum atomic E-state index is -4.67. The number of phosphoric acid groups is 1. The summed E-state index contributed by atoms with van der Waals surface area (Å²) in [6, 6.07) is 4.48.